The number of fused-ring (bicyclic) bond motifs is 2. The summed E-state index contributed by atoms with van der Waals surface area (Å²) in [5.74, 6) is -0.463. The Morgan fingerprint density at radius 3 is 2.59 bits per heavy atom. The van der Waals surface area contributed by atoms with E-state index in [-0.39, 0.29) is 6.04 Å². The van der Waals surface area contributed by atoms with Crippen molar-refractivity contribution in [3.63, 3.8) is 0 Å². The molecule has 1 aromatic rings. The van der Waals surface area contributed by atoms with Gasteiger partial charge in [0.05, 0.1) is 12.3 Å². The van der Waals surface area contributed by atoms with Crippen LogP contribution in [0.2, 0.25) is 0 Å². The number of benzene rings is 1. The number of nitrogens with one attached hydrogen (secondary N) is 1. The maximum Gasteiger partial charge on any atom is 0.331 e. The van der Waals surface area contributed by atoms with E-state index < -0.39 is 23.8 Å². The van der Waals surface area contributed by atoms with Gasteiger partial charge in [0.15, 0.2) is 5.92 Å². The average molecular weight is 369 g/mol. The fourth-order valence-corrected chi connectivity index (χ4v) is 4.53. The molecule has 2 saturated carbocycles. The minimum absolute atomic E-state index is 0.0919. The van der Waals surface area contributed by atoms with Crippen LogP contribution in [0.5, 0.6) is 5.75 Å². The van der Waals surface area contributed by atoms with Gasteiger partial charge in [-0.3, -0.25) is 24.8 Å². The summed E-state index contributed by atoms with van der Waals surface area (Å²) in [6.45, 7) is 2.48. The third-order valence-corrected chi connectivity index (χ3v) is 5.79. The summed E-state index contributed by atoms with van der Waals surface area (Å²) < 4.78 is 5.38. The summed E-state index contributed by atoms with van der Waals surface area (Å²) in [7, 11) is 0. The molecule has 7 heteroatoms. The normalized spacial score (nSPS) is 30.3. The van der Waals surface area contributed by atoms with Gasteiger partial charge in [-0.05, 0) is 62.3 Å². The van der Waals surface area contributed by atoms with Gasteiger partial charge in [-0.2, -0.15) is 0 Å². The van der Waals surface area contributed by atoms with Crippen molar-refractivity contribution in [1.82, 2.24) is 10.2 Å². The summed E-state index contributed by atoms with van der Waals surface area (Å²) in [6, 6.07) is 6.39. The van der Waals surface area contributed by atoms with E-state index in [1.54, 1.807) is 24.3 Å². The lowest BCUT2D eigenvalue weighted by Crippen LogP contribution is -2.62. The summed E-state index contributed by atoms with van der Waals surface area (Å²) in [6.07, 6.45) is 5.47. The molecule has 1 saturated heterocycles. The Hall–Kier alpha value is -2.70. The molecule has 4 amide bonds. The Morgan fingerprint density at radius 2 is 1.96 bits per heavy atom. The van der Waals surface area contributed by atoms with Crippen LogP contribution in [0.1, 0.15) is 32.6 Å². The molecule has 1 aliphatic heterocycles. The van der Waals surface area contributed by atoms with Gasteiger partial charge in [0.25, 0.3) is 0 Å². The first-order chi connectivity index (χ1) is 13.1. The first-order valence-corrected chi connectivity index (χ1v) is 9.51. The van der Waals surface area contributed by atoms with E-state index in [1.807, 2.05) is 6.92 Å². The highest BCUT2D eigenvalue weighted by Gasteiger charge is 2.50. The first-order valence-electron chi connectivity index (χ1n) is 9.51. The average Bonchev–Trinajstić information content (AvgIpc) is 3.26. The summed E-state index contributed by atoms with van der Waals surface area (Å²) in [5, 5.41) is 2.32. The van der Waals surface area contributed by atoms with Crippen molar-refractivity contribution in [1.29, 1.82) is 0 Å². The highest BCUT2D eigenvalue weighted by Crippen LogP contribution is 2.47. The van der Waals surface area contributed by atoms with Crippen LogP contribution in [0.25, 0.3) is 0 Å². The van der Waals surface area contributed by atoms with Crippen LogP contribution in [0.4, 0.5) is 10.5 Å². The van der Waals surface area contributed by atoms with E-state index in [0.29, 0.717) is 24.1 Å². The number of barbiturate groups is 1. The Morgan fingerprint density at radius 1 is 1.19 bits per heavy atom. The van der Waals surface area contributed by atoms with E-state index in [0.717, 1.165) is 25.0 Å². The number of ether oxygens (including phenoxy) is 1. The zero-order chi connectivity index (χ0) is 19.0. The summed E-state index contributed by atoms with van der Waals surface area (Å²) in [4.78, 5) is 43.0. The van der Waals surface area contributed by atoms with Gasteiger partial charge in [-0.1, -0.05) is 6.42 Å². The number of amides is 4. The molecular weight excluding hydrogens is 346 g/mol. The first kappa shape index (κ1) is 17.7. The molecule has 3 aliphatic rings. The topological polar surface area (TPSA) is 88.1 Å². The Balaban J connectivity index is 1.50. The lowest BCUT2D eigenvalue weighted by molar-refractivity contribution is -0.141. The van der Waals surface area contributed by atoms with E-state index in [1.165, 1.54) is 17.5 Å². The van der Waals surface area contributed by atoms with Gasteiger partial charge in [-0.25, -0.2) is 4.79 Å². The van der Waals surface area contributed by atoms with Crippen LogP contribution in [0.3, 0.4) is 0 Å². The van der Waals surface area contributed by atoms with Crippen molar-refractivity contribution in [3.8, 4) is 5.75 Å². The molecule has 0 aromatic heterocycles. The van der Waals surface area contributed by atoms with Gasteiger partial charge < -0.3 is 4.74 Å². The molecule has 0 unspecified atom stereocenters. The number of carbonyl (C=O) groups is 3. The molecule has 0 radical (unpaired) electrons. The molecule has 2 aliphatic carbocycles. The molecule has 1 aromatic carbocycles. The highest BCUT2D eigenvalue weighted by atomic mass is 16.5. The molecule has 1 heterocycles. The molecular formula is C20H23N3O4. The molecule has 1 N–H and O–H groups in total. The monoisotopic (exact) mass is 369 g/mol. The number of rotatable bonds is 5. The minimum Gasteiger partial charge on any atom is -0.494 e. The SMILES string of the molecule is CCOc1ccc(N=C[C@H]2C(=O)NC(=O)N([C@H]3C[C@H]4CC[C@H]3C4)C2=O)cc1. The largest absolute Gasteiger partial charge is 0.494 e. The Labute approximate surface area is 157 Å². The number of hydrogen-bond donors (Lipinski definition) is 1. The van der Waals surface area contributed by atoms with Gasteiger partial charge in [-0.15, -0.1) is 0 Å². The standard InChI is InChI=1S/C20H23N3O4/c1-2-27-15-7-5-14(6-8-15)21-11-16-18(24)22-20(26)23(19(16)25)17-10-12-3-4-13(17)9-12/h5-8,11-13,16-17H,2-4,9-10H2,1H3,(H,22,24,26)/t12-,13-,16-,17-/m0/s1. The van der Waals surface area contributed by atoms with E-state index in [9.17, 15) is 14.4 Å². The maximum absolute atomic E-state index is 12.9. The second kappa shape index (κ2) is 7.13. The maximum atomic E-state index is 12.9. The molecule has 4 rings (SSSR count). The summed E-state index contributed by atoms with van der Waals surface area (Å²) >= 11 is 0. The fraction of sp³-hybridized carbons (Fsp3) is 0.500. The predicted molar refractivity (Wildman–Crippen MR) is 98.9 cm³/mol. The van der Waals surface area contributed by atoms with Crippen molar-refractivity contribution >= 4 is 29.7 Å². The molecule has 0 spiro atoms. The molecule has 3 fully saturated rings. The zero-order valence-electron chi connectivity index (χ0n) is 15.3. The number of nitrogens with zero attached hydrogens (tertiary/aromatic N) is 2. The third-order valence-electron chi connectivity index (χ3n) is 5.79. The van der Waals surface area contributed by atoms with Crippen molar-refractivity contribution in [2.45, 2.75) is 38.6 Å². The smallest absolute Gasteiger partial charge is 0.331 e. The summed E-state index contributed by atoms with van der Waals surface area (Å²) in [5.41, 5.74) is 0.613. The van der Waals surface area contributed by atoms with Crippen LogP contribution < -0.4 is 10.1 Å². The number of aliphatic imine (C=N–C) groups is 1. The third kappa shape index (κ3) is 3.34. The number of imide groups is 2. The van der Waals surface area contributed by atoms with Crippen molar-refractivity contribution in [2.24, 2.45) is 22.7 Å². The number of hydrogen-bond acceptors (Lipinski definition) is 5. The lowest BCUT2D eigenvalue weighted by atomic mass is 9.92. The zero-order valence-corrected chi connectivity index (χ0v) is 15.3. The van der Waals surface area contributed by atoms with Crippen LogP contribution >= 0.6 is 0 Å². The van der Waals surface area contributed by atoms with E-state index in [4.69, 9.17) is 4.74 Å². The van der Waals surface area contributed by atoms with Gasteiger partial charge in [0.1, 0.15) is 5.75 Å². The van der Waals surface area contributed by atoms with Crippen LogP contribution in [0, 0.1) is 17.8 Å². The minimum atomic E-state index is -1.08. The van der Waals surface area contributed by atoms with Crippen LogP contribution in [-0.2, 0) is 9.59 Å². The Kier molecular flexibility index (Phi) is 4.68. The van der Waals surface area contributed by atoms with Gasteiger partial charge in [0.2, 0.25) is 11.8 Å². The quantitative estimate of drug-likeness (QED) is 0.638. The number of urea groups is 1. The Bertz CT molecular complexity index is 789. The molecule has 27 heavy (non-hydrogen) atoms. The van der Waals surface area contributed by atoms with E-state index >= 15 is 0 Å². The molecule has 4 atom stereocenters. The van der Waals surface area contributed by atoms with Crippen molar-refractivity contribution in [2.75, 3.05) is 6.61 Å². The van der Waals surface area contributed by atoms with Gasteiger partial charge >= 0.3 is 6.03 Å². The molecule has 2 bridgehead atoms. The lowest BCUT2D eigenvalue weighted by Gasteiger charge is -2.36. The second-order valence-electron chi connectivity index (χ2n) is 7.43. The van der Waals surface area contributed by atoms with E-state index in [2.05, 4.69) is 10.3 Å². The van der Waals surface area contributed by atoms with Crippen molar-refractivity contribution < 1.29 is 19.1 Å². The van der Waals surface area contributed by atoms with Crippen LogP contribution in [-0.4, -0.2) is 41.6 Å². The predicted octanol–water partition coefficient (Wildman–Crippen LogP) is 2.67. The number of carbonyl (C=O) groups excluding carboxylic acids is 3. The highest BCUT2D eigenvalue weighted by molar-refractivity contribution is 6.23. The molecule has 7 nitrogen and oxygen atoms in total. The molecule has 142 valence electrons. The fourth-order valence-electron chi connectivity index (χ4n) is 4.53. The second-order valence-corrected chi connectivity index (χ2v) is 7.43. The van der Waals surface area contributed by atoms with Crippen molar-refractivity contribution in [3.05, 3.63) is 24.3 Å². The van der Waals surface area contributed by atoms with Crippen LogP contribution in [0.15, 0.2) is 29.3 Å². The van der Waals surface area contributed by atoms with Gasteiger partial charge in [0, 0.05) is 12.3 Å².